The lowest BCUT2D eigenvalue weighted by Crippen LogP contribution is -2.39. The SMILES string of the molecule is CC(C)(C)c1ccc(SCC(=O)NCC(N)C2CC2)cc1.Cl. The summed E-state index contributed by atoms with van der Waals surface area (Å²) in [6, 6.07) is 8.60. The summed E-state index contributed by atoms with van der Waals surface area (Å²) in [6.45, 7) is 7.20. The van der Waals surface area contributed by atoms with Gasteiger partial charge in [0.25, 0.3) is 0 Å². The van der Waals surface area contributed by atoms with Gasteiger partial charge in [-0.05, 0) is 41.9 Å². The van der Waals surface area contributed by atoms with Crippen molar-refractivity contribution in [3.05, 3.63) is 29.8 Å². The number of thioether (sulfide) groups is 1. The van der Waals surface area contributed by atoms with Crippen LogP contribution in [0.25, 0.3) is 0 Å². The Bertz CT molecular complexity index is 480. The van der Waals surface area contributed by atoms with Crippen molar-refractivity contribution in [2.24, 2.45) is 11.7 Å². The molecule has 22 heavy (non-hydrogen) atoms. The fourth-order valence-electron chi connectivity index (χ4n) is 2.17. The molecule has 0 aliphatic heterocycles. The van der Waals surface area contributed by atoms with Gasteiger partial charge in [-0.2, -0.15) is 0 Å². The zero-order chi connectivity index (χ0) is 15.5. The van der Waals surface area contributed by atoms with Gasteiger partial charge in [0, 0.05) is 17.5 Å². The minimum atomic E-state index is 0. The Morgan fingerprint density at radius 1 is 1.32 bits per heavy atom. The molecule has 124 valence electrons. The van der Waals surface area contributed by atoms with E-state index in [1.165, 1.54) is 18.4 Å². The van der Waals surface area contributed by atoms with Gasteiger partial charge in [0.15, 0.2) is 0 Å². The molecule has 1 aromatic carbocycles. The molecule has 1 aliphatic carbocycles. The second kappa shape index (κ2) is 8.23. The highest BCUT2D eigenvalue weighted by Crippen LogP contribution is 2.31. The third-order valence-corrected chi connectivity index (χ3v) is 4.86. The molecule has 1 unspecified atom stereocenters. The molecular formula is C17H27ClN2OS. The van der Waals surface area contributed by atoms with E-state index >= 15 is 0 Å². The third-order valence-electron chi connectivity index (χ3n) is 3.85. The molecular weight excluding hydrogens is 316 g/mol. The second-order valence-electron chi connectivity index (χ2n) is 6.87. The van der Waals surface area contributed by atoms with Crippen molar-refractivity contribution in [3.8, 4) is 0 Å². The minimum absolute atomic E-state index is 0. The molecule has 1 saturated carbocycles. The predicted molar refractivity (Wildman–Crippen MR) is 96.8 cm³/mol. The minimum Gasteiger partial charge on any atom is -0.354 e. The number of carbonyl (C=O) groups is 1. The number of halogens is 1. The van der Waals surface area contributed by atoms with Gasteiger partial charge in [-0.3, -0.25) is 4.79 Å². The molecule has 0 radical (unpaired) electrons. The lowest BCUT2D eigenvalue weighted by molar-refractivity contribution is -0.118. The highest BCUT2D eigenvalue weighted by atomic mass is 35.5. The van der Waals surface area contributed by atoms with Gasteiger partial charge >= 0.3 is 0 Å². The zero-order valence-electron chi connectivity index (χ0n) is 13.6. The summed E-state index contributed by atoms with van der Waals surface area (Å²) in [5.74, 6) is 1.14. The first kappa shape index (κ1) is 19.3. The number of hydrogen-bond donors (Lipinski definition) is 2. The Morgan fingerprint density at radius 2 is 1.91 bits per heavy atom. The van der Waals surface area contributed by atoms with E-state index in [4.69, 9.17) is 5.73 Å². The molecule has 5 heteroatoms. The van der Waals surface area contributed by atoms with Crippen LogP contribution in [-0.4, -0.2) is 24.2 Å². The maximum Gasteiger partial charge on any atom is 0.230 e. The van der Waals surface area contributed by atoms with Gasteiger partial charge in [0.1, 0.15) is 0 Å². The van der Waals surface area contributed by atoms with Gasteiger partial charge in [0.05, 0.1) is 5.75 Å². The number of nitrogens with two attached hydrogens (primary N) is 1. The molecule has 0 aromatic heterocycles. The number of carbonyl (C=O) groups excluding carboxylic acids is 1. The van der Waals surface area contributed by atoms with E-state index in [1.54, 1.807) is 11.8 Å². The van der Waals surface area contributed by atoms with Crippen molar-refractivity contribution in [2.45, 2.75) is 50.0 Å². The molecule has 1 amide bonds. The van der Waals surface area contributed by atoms with Crippen molar-refractivity contribution in [3.63, 3.8) is 0 Å². The molecule has 0 bridgehead atoms. The summed E-state index contributed by atoms with van der Waals surface area (Å²) in [7, 11) is 0. The third kappa shape index (κ3) is 6.19. The smallest absolute Gasteiger partial charge is 0.230 e. The Kier molecular flexibility index (Phi) is 7.23. The number of benzene rings is 1. The number of amides is 1. The van der Waals surface area contributed by atoms with Crippen molar-refractivity contribution in [2.75, 3.05) is 12.3 Å². The van der Waals surface area contributed by atoms with Crippen LogP contribution in [0.1, 0.15) is 39.2 Å². The van der Waals surface area contributed by atoms with Crippen molar-refractivity contribution < 1.29 is 4.79 Å². The van der Waals surface area contributed by atoms with Gasteiger partial charge in [-0.1, -0.05) is 32.9 Å². The number of nitrogens with one attached hydrogen (secondary N) is 1. The molecule has 1 fully saturated rings. The summed E-state index contributed by atoms with van der Waals surface area (Å²) in [5.41, 5.74) is 7.45. The number of rotatable bonds is 6. The van der Waals surface area contributed by atoms with Gasteiger partial charge in [-0.15, -0.1) is 24.2 Å². The molecule has 2 rings (SSSR count). The molecule has 0 spiro atoms. The largest absolute Gasteiger partial charge is 0.354 e. The van der Waals surface area contributed by atoms with Crippen LogP contribution in [-0.2, 0) is 10.2 Å². The Labute approximate surface area is 144 Å². The monoisotopic (exact) mass is 342 g/mol. The topological polar surface area (TPSA) is 55.1 Å². The summed E-state index contributed by atoms with van der Waals surface area (Å²) in [5, 5.41) is 2.92. The quantitative estimate of drug-likeness (QED) is 0.779. The van der Waals surface area contributed by atoms with Crippen LogP contribution in [0.2, 0.25) is 0 Å². The van der Waals surface area contributed by atoms with Crippen LogP contribution in [0.4, 0.5) is 0 Å². The lowest BCUT2D eigenvalue weighted by Gasteiger charge is -2.19. The van der Waals surface area contributed by atoms with Crippen LogP contribution < -0.4 is 11.1 Å². The average Bonchev–Trinajstić information content (AvgIpc) is 3.26. The van der Waals surface area contributed by atoms with Crippen molar-refractivity contribution >= 4 is 30.1 Å². The summed E-state index contributed by atoms with van der Waals surface area (Å²) in [4.78, 5) is 12.9. The van der Waals surface area contributed by atoms with E-state index in [9.17, 15) is 4.79 Å². The predicted octanol–water partition coefficient (Wildman–Crippen LogP) is 3.35. The summed E-state index contributed by atoms with van der Waals surface area (Å²) in [6.07, 6.45) is 2.43. The maximum atomic E-state index is 11.8. The Hall–Kier alpha value is -0.710. The van der Waals surface area contributed by atoms with Crippen LogP contribution in [0.5, 0.6) is 0 Å². The lowest BCUT2D eigenvalue weighted by atomic mass is 9.87. The summed E-state index contributed by atoms with van der Waals surface area (Å²) >= 11 is 1.57. The fourth-order valence-corrected chi connectivity index (χ4v) is 2.90. The first-order valence-corrected chi connectivity index (χ1v) is 8.60. The highest BCUT2D eigenvalue weighted by molar-refractivity contribution is 8.00. The van der Waals surface area contributed by atoms with Gasteiger partial charge < -0.3 is 11.1 Å². The number of hydrogen-bond acceptors (Lipinski definition) is 3. The van der Waals surface area contributed by atoms with E-state index in [0.717, 1.165) is 4.90 Å². The Balaban J connectivity index is 0.00000242. The Morgan fingerprint density at radius 3 is 2.41 bits per heavy atom. The average molecular weight is 343 g/mol. The van der Waals surface area contributed by atoms with Crippen LogP contribution in [0, 0.1) is 5.92 Å². The van der Waals surface area contributed by atoms with E-state index in [1.807, 2.05) is 0 Å². The molecule has 1 aliphatic rings. The van der Waals surface area contributed by atoms with Crippen LogP contribution in [0.15, 0.2) is 29.2 Å². The van der Waals surface area contributed by atoms with E-state index in [-0.39, 0.29) is 29.8 Å². The molecule has 0 saturated heterocycles. The standard InChI is InChI=1S/C17H26N2OS.ClH/c1-17(2,3)13-6-8-14(9-7-13)21-11-16(20)19-10-15(18)12-4-5-12;/h6-9,12,15H,4-5,10-11,18H2,1-3H3,(H,19,20);1H. The molecule has 1 aromatic rings. The van der Waals surface area contributed by atoms with E-state index in [0.29, 0.717) is 18.2 Å². The molecule has 1 atom stereocenters. The first-order valence-electron chi connectivity index (χ1n) is 7.62. The summed E-state index contributed by atoms with van der Waals surface area (Å²) < 4.78 is 0. The molecule has 0 heterocycles. The van der Waals surface area contributed by atoms with Crippen LogP contribution in [0.3, 0.4) is 0 Å². The first-order chi connectivity index (χ1) is 9.86. The molecule has 3 nitrogen and oxygen atoms in total. The van der Waals surface area contributed by atoms with Crippen molar-refractivity contribution in [1.82, 2.24) is 5.32 Å². The fraction of sp³-hybridized carbons (Fsp3) is 0.588. The van der Waals surface area contributed by atoms with Crippen LogP contribution >= 0.6 is 24.2 Å². The van der Waals surface area contributed by atoms with Crippen molar-refractivity contribution in [1.29, 1.82) is 0 Å². The maximum absolute atomic E-state index is 11.8. The van der Waals surface area contributed by atoms with Gasteiger partial charge in [-0.25, -0.2) is 0 Å². The van der Waals surface area contributed by atoms with E-state index in [2.05, 4.69) is 50.4 Å². The zero-order valence-corrected chi connectivity index (χ0v) is 15.2. The molecule has 3 N–H and O–H groups in total. The highest BCUT2D eigenvalue weighted by Gasteiger charge is 2.28. The van der Waals surface area contributed by atoms with E-state index < -0.39 is 0 Å². The van der Waals surface area contributed by atoms with Gasteiger partial charge in [0.2, 0.25) is 5.91 Å². The second-order valence-corrected chi connectivity index (χ2v) is 7.92. The normalized spacial score (nSPS) is 15.8.